The minimum atomic E-state index is 0.652. The Morgan fingerprint density at radius 3 is 2.37 bits per heavy atom. The van der Waals surface area contributed by atoms with Crippen molar-refractivity contribution < 1.29 is 0 Å². The first kappa shape index (κ1) is 20.3. The Bertz CT molecular complexity index is 815. The van der Waals surface area contributed by atoms with Crippen molar-refractivity contribution in [3.63, 3.8) is 0 Å². The maximum absolute atomic E-state index is 4.76. The van der Waals surface area contributed by atoms with Gasteiger partial charge < -0.3 is 4.90 Å². The van der Waals surface area contributed by atoms with Crippen LogP contribution < -0.4 is 4.90 Å². The van der Waals surface area contributed by atoms with Crippen LogP contribution >= 0.6 is 11.8 Å². The van der Waals surface area contributed by atoms with Gasteiger partial charge in [0.15, 0.2) is 0 Å². The number of nitrogens with zero attached hydrogens (tertiary/aromatic N) is 4. The standard InChI is InChI=1S/C25H34N4S/c1-4-13-28(14-5-1)20-21-7-6-8-22(17-21)30-24-19-26-23(18-27-24)29-15-11-25(12-16-29)9-2-3-10-25/h6-8,17-19H,1-5,9-16,20H2. The summed E-state index contributed by atoms with van der Waals surface area (Å²) in [6, 6.07) is 8.93. The first-order valence-electron chi connectivity index (χ1n) is 11.8. The highest BCUT2D eigenvalue weighted by molar-refractivity contribution is 7.99. The van der Waals surface area contributed by atoms with Gasteiger partial charge in [0.2, 0.25) is 0 Å². The van der Waals surface area contributed by atoms with Gasteiger partial charge in [-0.05, 0) is 74.7 Å². The van der Waals surface area contributed by atoms with E-state index >= 15 is 0 Å². The molecule has 5 heteroatoms. The van der Waals surface area contributed by atoms with E-state index in [4.69, 9.17) is 9.97 Å². The predicted molar refractivity (Wildman–Crippen MR) is 124 cm³/mol. The Hall–Kier alpha value is -1.59. The van der Waals surface area contributed by atoms with Gasteiger partial charge in [-0.15, -0.1) is 0 Å². The molecule has 0 radical (unpaired) electrons. The molecule has 0 amide bonds. The van der Waals surface area contributed by atoms with E-state index < -0.39 is 0 Å². The van der Waals surface area contributed by atoms with E-state index in [2.05, 4.69) is 34.1 Å². The van der Waals surface area contributed by atoms with Crippen molar-refractivity contribution in [1.82, 2.24) is 14.9 Å². The summed E-state index contributed by atoms with van der Waals surface area (Å²) < 4.78 is 0. The molecular formula is C25H34N4S. The van der Waals surface area contributed by atoms with Crippen molar-refractivity contribution in [2.75, 3.05) is 31.1 Å². The number of piperidine rings is 2. The number of hydrogen-bond acceptors (Lipinski definition) is 5. The third-order valence-electron chi connectivity index (χ3n) is 7.40. The normalized spacial score (nSPS) is 21.9. The molecule has 4 nitrogen and oxygen atoms in total. The third-order valence-corrected chi connectivity index (χ3v) is 8.31. The van der Waals surface area contributed by atoms with Gasteiger partial charge in [0.05, 0.1) is 12.4 Å². The molecule has 0 atom stereocenters. The zero-order valence-corrected chi connectivity index (χ0v) is 18.9. The topological polar surface area (TPSA) is 32.3 Å². The fourth-order valence-corrected chi connectivity index (χ4v) is 6.37. The van der Waals surface area contributed by atoms with Crippen LogP contribution in [0.4, 0.5) is 5.82 Å². The third kappa shape index (κ3) is 4.83. The molecule has 0 unspecified atom stereocenters. The van der Waals surface area contributed by atoms with Crippen molar-refractivity contribution in [2.24, 2.45) is 5.41 Å². The largest absolute Gasteiger partial charge is 0.355 e. The maximum Gasteiger partial charge on any atom is 0.147 e. The zero-order chi connectivity index (χ0) is 20.2. The van der Waals surface area contributed by atoms with E-state index in [-0.39, 0.29) is 0 Å². The summed E-state index contributed by atoms with van der Waals surface area (Å²) >= 11 is 1.72. The van der Waals surface area contributed by atoms with Gasteiger partial charge in [0, 0.05) is 24.5 Å². The minimum Gasteiger partial charge on any atom is -0.355 e. The van der Waals surface area contributed by atoms with Gasteiger partial charge in [0.1, 0.15) is 10.8 Å². The van der Waals surface area contributed by atoms with Gasteiger partial charge in [-0.1, -0.05) is 43.2 Å². The molecule has 1 saturated carbocycles. The number of anilines is 1. The lowest BCUT2D eigenvalue weighted by Gasteiger charge is -2.39. The summed E-state index contributed by atoms with van der Waals surface area (Å²) in [7, 11) is 0. The lowest BCUT2D eigenvalue weighted by atomic mass is 9.77. The minimum absolute atomic E-state index is 0.652. The monoisotopic (exact) mass is 422 g/mol. The van der Waals surface area contributed by atoms with Crippen LogP contribution in [0.2, 0.25) is 0 Å². The molecular weight excluding hydrogens is 388 g/mol. The Labute approximate surface area is 185 Å². The van der Waals surface area contributed by atoms with E-state index in [1.807, 2.05) is 12.4 Å². The highest BCUT2D eigenvalue weighted by Crippen LogP contribution is 2.46. The van der Waals surface area contributed by atoms with Gasteiger partial charge in [-0.2, -0.15) is 0 Å². The van der Waals surface area contributed by atoms with Crippen LogP contribution in [0.15, 0.2) is 46.6 Å². The number of hydrogen-bond donors (Lipinski definition) is 0. The fourth-order valence-electron chi connectivity index (χ4n) is 5.56. The van der Waals surface area contributed by atoms with E-state index in [0.29, 0.717) is 5.41 Å². The Morgan fingerprint density at radius 1 is 0.833 bits per heavy atom. The second-order valence-electron chi connectivity index (χ2n) is 9.49. The Morgan fingerprint density at radius 2 is 1.63 bits per heavy atom. The molecule has 1 aromatic heterocycles. The zero-order valence-electron chi connectivity index (χ0n) is 18.1. The van der Waals surface area contributed by atoms with Crippen LogP contribution in [-0.2, 0) is 6.54 Å². The van der Waals surface area contributed by atoms with Crippen LogP contribution in [0.5, 0.6) is 0 Å². The molecule has 3 heterocycles. The molecule has 0 N–H and O–H groups in total. The number of rotatable bonds is 5. The van der Waals surface area contributed by atoms with Crippen LogP contribution in [0, 0.1) is 5.41 Å². The highest BCUT2D eigenvalue weighted by Gasteiger charge is 2.37. The quantitative estimate of drug-likeness (QED) is 0.610. The smallest absolute Gasteiger partial charge is 0.147 e. The molecule has 160 valence electrons. The summed E-state index contributed by atoms with van der Waals surface area (Å²) in [6.45, 7) is 5.82. The molecule has 1 aromatic carbocycles. The molecule has 2 saturated heterocycles. The van der Waals surface area contributed by atoms with Crippen molar-refractivity contribution in [3.8, 4) is 0 Å². The van der Waals surface area contributed by atoms with Gasteiger partial charge in [-0.3, -0.25) is 4.90 Å². The van der Waals surface area contributed by atoms with Gasteiger partial charge in [0.25, 0.3) is 0 Å². The maximum atomic E-state index is 4.76. The predicted octanol–water partition coefficient (Wildman–Crippen LogP) is 5.77. The lowest BCUT2D eigenvalue weighted by Crippen LogP contribution is -2.39. The lowest BCUT2D eigenvalue weighted by molar-refractivity contribution is 0.221. The summed E-state index contributed by atoms with van der Waals surface area (Å²) in [4.78, 5) is 15.8. The van der Waals surface area contributed by atoms with Crippen molar-refractivity contribution in [2.45, 2.75) is 74.3 Å². The highest BCUT2D eigenvalue weighted by atomic mass is 32.2. The molecule has 5 rings (SSSR count). The Kier molecular flexibility index (Phi) is 6.28. The first-order chi connectivity index (χ1) is 14.8. The van der Waals surface area contributed by atoms with E-state index in [1.54, 1.807) is 11.8 Å². The van der Waals surface area contributed by atoms with Crippen molar-refractivity contribution in [3.05, 3.63) is 42.2 Å². The average molecular weight is 423 g/mol. The molecule has 2 aliphatic heterocycles. The second-order valence-corrected chi connectivity index (χ2v) is 10.6. The van der Waals surface area contributed by atoms with Gasteiger partial charge >= 0.3 is 0 Å². The van der Waals surface area contributed by atoms with Gasteiger partial charge in [-0.25, -0.2) is 9.97 Å². The van der Waals surface area contributed by atoms with Crippen LogP contribution in [-0.4, -0.2) is 41.0 Å². The molecule has 2 aromatic rings. The summed E-state index contributed by atoms with van der Waals surface area (Å²) in [6.07, 6.45) is 16.4. The molecule has 1 spiro atoms. The first-order valence-corrected chi connectivity index (χ1v) is 12.7. The number of benzene rings is 1. The molecule has 3 aliphatic rings. The summed E-state index contributed by atoms with van der Waals surface area (Å²) in [5.74, 6) is 1.05. The summed E-state index contributed by atoms with van der Waals surface area (Å²) in [5.41, 5.74) is 2.06. The van der Waals surface area contributed by atoms with E-state index in [9.17, 15) is 0 Å². The molecule has 3 fully saturated rings. The van der Waals surface area contributed by atoms with Crippen molar-refractivity contribution >= 4 is 17.6 Å². The van der Waals surface area contributed by atoms with Crippen LogP contribution in [0.25, 0.3) is 0 Å². The number of likely N-dealkylation sites (tertiary alicyclic amines) is 1. The van der Waals surface area contributed by atoms with Crippen LogP contribution in [0.3, 0.4) is 0 Å². The number of aromatic nitrogens is 2. The Balaban J connectivity index is 1.18. The van der Waals surface area contributed by atoms with E-state index in [1.165, 1.54) is 81.3 Å². The molecule has 30 heavy (non-hydrogen) atoms. The van der Waals surface area contributed by atoms with Crippen LogP contribution in [0.1, 0.15) is 63.4 Å². The van der Waals surface area contributed by atoms with Crippen molar-refractivity contribution in [1.29, 1.82) is 0 Å². The van der Waals surface area contributed by atoms with E-state index in [0.717, 1.165) is 30.5 Å². The molecule has 0 bridgehead atoms. The summed E-state index contributed by atoms with van der Waals surface area (Å²) in [5, 5.41) is 0.984. The molecule has 1 aliphatic carbocycles. The SMILES string of the molecule is c1cc(CN2CCCCC2)cc(Sc2cnc(N3CCC4(CCCC4)CC3)cn2)c1. The fraction of sp³-hybridized carbons (Fsp3) is 0.600. The average Bonchev–Trinajstić information content (AvgIpc) is 3.24. The second kappa shape index (κ2) is 9.27.